The van der Waals surface area contributed by atoms with Crippen LogP contribution in [0.25, 0.3) is 0 Å². The molecule has 1 aromatic heterocycles. The van der Waals surface area contributed by atoms with Gasteiger partial charge in [0.1, 0.15) is 10.8 Å². The lowest BCUT2D eigenvalue weighted by molar-refractivity contribution is 0.243. The number of hydrogen-bond donors (Lipinski definition) is 2. The van der Waals surface area contributed by atoms with Crippen LogP contribution in [0.4, 0.5) is 14.3 Å². The number of rotatable bonds is 5. The molecule has 118 valence electrons. The summed E-state index contributed by atoms with van der Waals surface area (Å²) in [5, 5.41) is 14.3. The van der Waals surface area contributed by atoms with E-state index in [0.29, 0.717) is 11.7 Å². The number of amides is 2. The van der Waals surface area contributed by atoms with Gasteiger partial charge in [-0.1, -0.05) is 23.5 Å². The molecule has 2 aromatic rings. The average Bonchev–Trinajstić information content (AvgIpc) is 2.84. The number of aryl methyl sites for hydroxylation is 1. The number of nitrogens with one attached hydrogen (secondary N) is 2. The number of hydrogen-bond acceptors (Lipinski definition) is 5. The molecule has 0 bridgehead atoms. The number of benzene rings is 1. The van der Waals surface area contributed by atoms with Crippen molar-refractivity contribution in [2.24, 2.45) is 0 Å². The van der Waals surface area contributed by atoms with E-state index in [-0.39, 0.29) is 17.9 Å². The van der Waals surface area contributed by atoms with Gasteiger partial charge in [-0.05, 0) is 38.7 Å². The molecule has 1 unspecified atom stereocenters. The Bertz CT molecular complexity index is 646. The predicted molar refractivity (Wildman–Crippen MR) is 84.5 cm³/mol. The second-order valence-corrected chi connectivity index (χ2v) is 6.18. The van der Waals surface area contributed by atoms with Crippen LogP contribution in [0.2, 0.25) is 0 Å². The van der Waals surface area contributed by atoms with Crippen molar-refractivity contribution in [2.45, 2.75) is 13.0 Å². The molecule has 6 nitrogen and oxygen atoms in total. The van der Waals surface area contributed by atoms with E-state index in [1.807, 2.05) is 32.0 Å². The van der Waals surface area contributed by atoms with Crippen LogP contribution in [0.1, 0.15) is 16.6 Å². The molecule has 0 aliphatic heterocycles. The topological polar surface area (TPSA) is 70.1 Å². The first-order chi connectivity index (χ1) is 10.5. The maximum absolute atomic E-state index is 13.3. The average molecular weight is 323 g/mol. The van der Waals surface area contributed by atoms with E-state index in [9.17, 15) is 9.18 Å². The Balaban J connectivity index is 1.95. The fraction of sp³-hybridized carbons (Fsp3) is 0.357. The molecule has 1 atom stereocenters. The summed E-state index contributed by atoms with van der Waals surface area (Å²) in [4.78, 5) is 13.8. The summed E-state index contributed by atoms with van der Waals surface area (Å²) in [6, 6.07) is 5.87. The zero-order chi connectivity index (χ0) is 16.1. The van der Waals surface area contributed by atoms with Gasteiger partial charge in [-0.3, -0.25) is 5.32 Å². The molecule has 1 aromatic carbocycles. The third-order valence-electron chi connectivity index (χ3n) is 3.06. The maximum atomic E-state index is 13.3. The minimum absolute atomic E-state index is 0.127. The van der Waals surface area contributed by atoms with Crippen molar-refractivity contribution in [3.63, 3.8) is 0 Å². The third kappa shape index (κ3) is 4.47. The van der Waals surface area contributed by atoms with Crippen LogP contribution < -0.4 is 10.6 Å². The number of carbonyl (C=O) groups is 1. The molecule has 8 heteroatoms. The highest BCUT2D eigenvalue weighted by Crippen LogP contribution is 2.18. The van der Waals surface area contributed by atoms with Crippen LogP contribution >= 0.6 is 11.3 Å². The van der Waals surface area contributed by atoms with E-state index in [1.165, 1.54) is 23.5 Å². The number of urea groups is 1. The number of nitrogens with zero attached hydrogens (tertiary/aromatic N) is 3. The first-order valence-electron chi connectivity index (χ1n) is 6.72. The monoisotopic (exact) mass is 323 g/mol. The van der Waals surface area contributed by atoms with Crippen LogP contribution in [0.15, 0.2) is 24.3 Å². The molecular weight excluding hydrogens is 305 g/mol. The largest absolute Gasteiger partial charge is 0.336 e. The van der Waals surface area contributed by atoms with Gasteiger partial charge in [-0.25, -0.2) is 9.18 Å². The van der Waals surface area contributed by atoms with Gasteiger partial charge in [0.05, 0.1) is 6.04 Å². The van der Waals surface area contributed by atoms with Crippen LogP contribution in [0.5, 0.6) is 0 Å². The van der Waals surface area contributed by atoms with Crippen LogP contribution in [0.3, 0.4) is 0 Å². The Kier molecular flexibility index (Phi) is 5.40. The third-order valence-corrected chi connectivity index (χ3v) is 3.81. The van der Waals surface area contributed by atoms with Gasteiger partial charge in [0.25, 0.3) is 0 Å². The second-order valence-electron chi connectivity index (χ2n) is 5.00. The molecule has 0 radical (unpaired) electrons. The minimum atomic E-state index is -0.362. The van der Waals surface area contributed by atoms with E-state index in [4.69, 9.17) is 0 Å². The van der Waals surface area contributed by atoms with E-state index >= 15 is 0 Å². The molecule has 22 heavy (non-hydrogen) atoms. The van der Waals surface area contributed by atoms with E-state index in [2.05, 4.69) is 20.8 Å². The molecule has 0 aliphatic carbocycles. The number of carbonyl (C=O) groups excluding carboxylic acids is 1. The summed E-state index contributed by atoms with van der Waals surface area (Å²) in [5.41, 5.74) is 0.803. The zero-order valence-electron chi connectivity index (χ0n) is 12.6. The van der Waals surface area contributed by atoms with Crippen molar-refractivity contribution < 1.29 is 9.18 Å². The summed E-state index contributed by atoms with van der Waals surface area (Å²) in [5.74, 6) is -0.293. The zero-order valence-corrected chi connectivity index (χ0v) is 13.4. The summed E-state index contributed by atoms with van der Waals surface area (Å²) in [6.45, 7) is 2.16. The normalized spacial score (nSPS) is 12.2. The highest BCUT2D eigenvalue weighted by atomic mass is 32.1. The summed E-state index contributed by atoms with van der Waals surface area (Å²) in [6.07, 6.45) is 0. The van der Waals surface area contributed by atoms with Crippen LogP contribution in [-0.2, 0) is 0 Å². The first kappa shape index (κ1) is 16.3. The quantitative estimate of drug-likeness (QED) is 0.886. The Morgan fingerprint density at radius 2 is 2.18 bits per heavy atom. The van der Waals surface area contributed by atoms with E-state index in [0.717, 1.165) is 10.6 Å². The number of aromatic nitrogens is 2. The molecule has 2 amide bonds. The van der Waals surface area contributed by atoms with Crippen molar-refractivity contribution in [3.8, 4) is 0 Å². The lowest BCUT2D eigenvalue weighted by atomic mass is 10.1. The van der Waals surface area contributed by atoms with Crippen molar-refractivity contribution in [1.29, 1.82) is 0 Å². The molecule has 2 N–H and O–H groups in total. The molecule has 0 saturated carbocycles. The lowest BCUT2D eigenvalue weighted by Crippen LogP contribution is -2.36. The van der Waals surface area contributed by atoms with Crippen molar-refractivity contribution >= 4 is 22.5 Å². The summed E-state index contributed by atoms with van der Waals surface area (Å²) < 4.78 is 13.3. The van der Waals surface area contributed by atoms with Gasteiger partial charge >= 0.3 is 6.03 Å². The van der Waals surface area contributed by atoms with Gasteiger partial charge in [0.2, 0.25) is 5.13 Å². The maximum Gasteiger partial charge on any atom is 0.321 e. The second kappa shape index (κ2) is 7.28. The standard InChI is InChI=1S/C14H18FN5OS/c1-9-18-19-14(22-9)17-13(21)16-8-12(20(2)3)10-5-4-6-11(15)7-10/h4-7,12H,8H2,1-3H3,(H2,16,17,19,21). The van der Waals surface area contributed by atoms with E-state index < -0.39 is 0 Å². The molecule has 2 rings (SSSR count). The predicted octanol–water partition coefficient (Wildman–Crippen LogP) is 2.41. The van der Waals surface area contributed by atoms with Gasteiger partial charge in [-0.2, -0.15) is 0 Å². The SMILES string of the molecule is Cc1nnc(NC(=O)NCC(c2cccc(F)c2)N(C)C)s1. The highest BCUT2D eigenvalue weighted by molar-refractivity contribution is 7.15. The fourth-order valence-corrected chi connectivity index (χ4v) is 2.58. The molecule has 0 saturated heterocycles. The molecule has 0 aliphatic rings. The highest BCUT2D eigenvalue weighted by Gasteiger charge is 2.16. The van der Waals surface area contributed by atoms with Crippen LogP contribution in [-0.4, -0.2) is 41.8 Å². The summed E-state index contributed by atoms with van der Waals surface area (Å²) in [7, 11) is 3.76. The van der Waals surface area contributed by atoms with E-state index in [1.54, 1.807) is 6.07 Å². The Labute approximate surface area is 132 Å². The molecule has 1 heterocycles. The van der Waals surface area contributed by atoms with Gasteiger partial charge in [0.15, 0.2) is 0 Å². The number of halogens is 1. The van der Waals surface area contributed by atoms with Gasteiger partial charge in [0, 0.05) is 6.54 Å². The Morgan fingerprint density at radius 1 is 1.41 bits per heavy atom. The van der Waals surface area contributed by atoms with Crippen LogP contribution in [0, 0.1) is 12.7 Å². The smallest absolute Gasteiger partial charge is 0.321 e. The molecule has 0 spiro atoms. The van der Waals surface area contributed by atoms with Crippen molar-refractivity contribution in [3.05, 3.63) is 40.7 Å². The van der Waals surface area contributed by atoms with Gasteiger partial charge in [-0.15, -0.1) is 10.2 Å². The van der Waals surface area contributed by atoms with Gasteiger partial charge < -0.3 is 10.2 Å². The minimum Gasteiger partial charge on any atom is -0.336 e. The molecule has 0 fully saturated rings. The number of anilines is 1. The Morgan fingerprint density at radius 3 is 2.77 bits per heavy atom. The summed E-state index contributed by atoms with van der Waals surface area (Å²) >= 11 is 1.30. The molecular formula is C14H18FN5OS. The lowest BCUT2D eigenvalue weighted by Gasteiger charge is -2.25. The Hall–Kier alpha value is -2.06. The first-order valence-corrected chi connectivity index (χ1v) is 7.54. The van der Waals surface area contributed by atoms with Crippen molar-refractivity contribution in [2.75, 3.05) is 26.0 Å². The fourth-order valence-electron chi connectivity index (χ4n) is 1.99. The number of likely N-dealkylation sites (N-methyl/N-ethyl adjacent to an activating group) is 1. The van der Waals surface area contributed by atoms with Crippen molar-refractivity contribution in [1.82, 2.24) is 20.4 Å².